The second-order valence-electron chi connectivity index (χ2n) is 3.64. The minimum atomic E-state index is -1.19. The standard InChI is InChI=1S/C11H16N2O3/c1-7(13-6-10(15)11(12)16)8-3-2-4-9(14)5-8/h2-5,7,10,13-15H,6H2,1H3,(H2,12,16). The van der Waals surface area contributed by atoms with Crippen molar-refractivity contribution in [2.75, 3.05) is 6.54 Å². The van der Waals surface area contributed by atoms with Crippen molar-refractivity contribution in [3.63, 3.8) is 0 Å². The van der Waals surface area contributed by atoms with Crippen molar-refractivity contribution in [2.24, 2.45) is 5.73 Å². The molecule has 0 aliphatic heterocycles. The molecule has 5 nitrogen and oxygen atoms in total. The first-order valence-electron chi connectivity index (χ1n) is 5.00. The van der Waals surface area contributed by atoms with E-state index >= 15 is 0 Å². The van der Waals surface area contributed by atoms with E-state index in [-0.39, 0.29) is 18.3 Å². The molecule has 0 radical (unpaired) electrons. The molecule has 1 aromatic rings. The predicted octanol–water partition coefficient (Wildman–Crippen LogP) is -0.111. The van der Waals surface area contributed by atoms with E-state index in [9.17, 15) is 15.0 Å². The highest BCUT2D eigenvalue weighted by Gasteiger charge is 2.12. The summed E-state index contributed by atoms with van der Waals surface area (Å²) in [5, 5.41) is 21.4. The fourth-order valence-electron chi connectivity index (χ4n) is 1.30. The number of benzene rings is 1. The molecule has 1 amide bonds. The fourth-order valence-corrected chi connectivity index (χ4v) is 1.30. The van der Waals surface area contributed by atoms with Crippen LogP contribution in [0.4, 0.5) is 0 Å². The lowest BCUT2D eigenvalue weighted by atomic mass is 10.1. The topological polar surface area (TPSA) is 95.6 Å². The van der Waals surface area contributed by atoms with Crippen LogP contribution in [0.25, 0.3) is 0 Å². The van der Waals surface area contributed by atoms with E-state index in [1.54, 1.807) is 18.2 Å². The number of hydrogen-bond acceptors (Lipinski definition) is 4. The molecular weight excluding hydrogens is 208 g/mol. The number of nitrogens with one attached hydrogen (secondary N) is 1. The van der Waals surface area contributed by atoms with Crippen molar-refractivity contribution in [3.8, 4) is 5.75 Å². The molecule has 88 valence electrons. The van der Waals surface area contributed by atoms with Gasteiger partial charge in [0.15, 0.2) is 0 Å². The van der Waals surface area contributed by atoms with Crippen LogP contribution in [-0.2, 0) is 4.79 Å². The van der Waals surface area contributed by atoms with Crippen molar-refractivity contribution in [1.29, 1.82) is 0 Å². The number of nitrogens with two attached hydrogens (primary N) is 1. The highest BCUT2D eigenvalue weighted by molar-refractivity contribution is 5.78. The predicted molar refractivity (Wildman–Crippen MR) is 59.7 cm³/mol. The van der Waals surface area contributed by atoms with Crippen molar-refractivity contribution in [3.05, 3.63) is 29.8 Å². The average molecular weight is 224 g/mol. The van der Waals surface area contributed by atoms with Gasteiger partial charge < -0.3 is 21.3 Å². The quantitative estimate of drug-likeness (QED) is 0.561. The molecule has 0 heterocycles. The van der Waals surface area contributed by atoms with Crippen molar-refractivity contribution in [1.82, 2.24) is 5.32 Å². The molecule has 0 aliphatic carbocycles. The molecule has 0 aromatic heterocycles. The van der Waals surface area contributed by atoms with Crippen LogP contribution in [-0.4, -0.2) is 28.8 Å². The summed E-state index contributed by atoms with van der Waals surface area (Å²) in [5.41, 5.74) is 5.79. The van der Waals surface area contributed by atoms with Gasteiger partial charge in [0.1, 0.15) is 11.9 Å². The summed E-state index contributed by atoms with van der Waals surface area (Å²) in [6, 6.07) is 6.69. The van der Waals surface area contributed by atoms with Gasteiger partial charge in [0.05, 0.1) is 0 Å². The second kappa shape index (κ2) is 5.48. The molecule has 5 heteroatoms. The molecule has 0 saturated heterocycles. The molecule has 0 aliphatic rings. The first-order valence-corrected chi connectivity index (χ1v) is 5.00. The number of phenolic OH excluding ortho intramolecular Hbond substituents is 1. The lowest BCUT2D eigenvalue weighted by Crippen LogP contribution is -2.38. The lowest BCUT2D eigenvalue weighted by molar-refractivity contribution is -0.125. The summed E-state index contributed by atoms with van der Waals surface area (Å²) in [5.74, 6) is -0.572. The zero-order valence-corrected chi connectivity index (χ0v) is 9.05. The number of aliphatic hydroxyl groups excluding tert-OH is 1. The highest BCUT2D eigenvalue weighted by atomic mass is 16.3. The van der Waals surface area contributed by atoms with Gasteiger partial charge in [-0.05, 0) is 24.6 Å². The zero-order chi connectivity index (χ0) is 12.1. The maximum absolute atomic E-state index is 10.6. The Morgan fingerprint density at radius 1 is 1.56 bits per heavy atom. The number of rotatable bonds is 5. The van der Waals surface area contributed by atoms with Gasteiger partial charge in [-0.2, -0.15) is 0 Å². The third-order valence-corrected chi connectivity index (χ3v) is 2.32. The van der Waals surface area contributed by atoms with E-state index in [1.807, 2.05) is 13.0 Å². The molecule has 0 bridgehead atoms. The van der Waals surface area contributed by atoms with Gasteiger partial charge >= 0.3 is 0 Å². The van der Waals surface area contributed by atoms with Gasteiger partial charge in [-0.15, -0.1) is 0 Å². The SMILES string of the molecule is CC(NCC(O)C(N)=O)c1cccc(O)c1. The highest BCUT2D eigenvalue weighted by Crippen LogP contribution is 2.17. The number of aliphatic hydroxyl groups is 1. The molecule has 1 aromatic carbocycles. The fraction of sp³-hybridized carbons (Fsp3) is 0.364. The van der Waals surface area contributed by atoms with Crippen LogP contribution >= 0.6 is 0 Å². The van der Waals surface area contributed by atoms with E-state index in [2.05, 4.69) is 5.32 Å². The van der Waals surface area contributed by atoms with Gasteiger partial charge in [-0.25, -0.2) is 0 Å². The summed E-state index contributed by atoms with van der Waals surface area (Å²) < 4.78 is 0. The molecular formula is C11H16N2O3. The molecule has 1 rings (SSSR count). The van der Waals surface area contributed by atoms with Crippen LogP contribution < -0.4 is 11.1 Å². The van der Waals surface area contributed by atoms with Crippen LogP contribution in [0.15, 0.2) is 24.3 Å². The third-order valence-electron chi connectivity index (χ3n) is 2.32. The number of carbonyl (C=O) groups is 1. The smallest absolute Gasteiger partial charge is 0.247 e. The van der Waals surface area contributed by atoms with Crippen molar-refractivity contribution in [2.45, 2.75) is 19.1 Å². The van der Waals surface area contributed by atoms with Gasteiger partial charge in [-0.1, -0.05) is 12.1 Å². The number of amides is 1. The van der Waals surface area contributed by atoms with E-state index in [1.165, 1.54) is 0 Å². The van der Waals surface area contributed by atoms with E-state index in [0.29, 0.717) is 0 Å². The molecule has 0 fully saturated rings. The minimum Gasteiger partial charge on any atom is -0.508 e. The van der Waals surface area contributed by atoms with E-state index in [4.69, 9.17) is 5.73 Å². The Morgan fingerprint density at radius 3 is 2.81 bits per heavy atom. The number of carbonyl (C=O) groups excluding carboxylic acids is 1. The molecule has 5 N–H and O–H groups in total. The second-order valence-corrected chi connectivity index (χ2v) is 3.64. The van der Waals surface area contributed by atoms with E-state index < -0.39 is 12.0 Å². The third kappa shape index (κ3) is 3.52. The Bertz CT molecular complexity index is 368. The number of hydrogen-bond donors (Lipinski definition) is 4. The molecule has 16 heavy (non-hydrogen) atoms. The molecule has 2 atom stereocenters. The number of aromatic hydroxyl groups is 1. The van der Waals surface area contributed by atoms with Gasteiger partial charge in [0, 0.05) is 12.6 Å². The number of primary amides is 1. The van der Waals surface area contributed by atoms with Gasteiger partial charge in [-0.3, -0.25) is 4.79 Å². The van der Waals surface area contributed by atoms with Crippen molar-refractivity contribution >= 4 is 5.91 Å². The Hall–Kier alpha value is -1.59. The molecule has 0 spiro atoms. The molecule has 0 saturated carbocycles. The summed E-state index contributed by atoms with van der Waals surface area (Å²) in [6.07, 6.45) is -1.19. The largest absolute Gasteiger partial charge is 0.508 e. The Morgan fingerprint density at radius 2 is 2.25 bits per heavy atom. The Kier molecular flexibility index (Phi) is 4.28. The van der Waals surface area contributed by atoms with Crippen LogP contribution in [0.2, 0.25) is 0 Å². The normalized spacial score (nSPS) is 14.4. The van der Waals surface area contributed by atoms with Gasteiger partial charge in [0.2, 0.25) is 5.91 Å². The maximum Gasteiger partial charge on any atom is 0.247 e. The average Bonchev–Trinajstić information content (AvgIpc) is 2.25. The zero-order valence-electron chi connectivity index (χ0n) is 9.05. The first kappa shape index (κ1) is 12.5. The van der Waals surface area contributed by atoms with Crippen molar-refractivity contribution < 1.29 is 15.0 Å². The Balaban J connectivity index is 2.52. The summed E-state index contributed by atoms with van der Waals surface area (Å²) in [6.45, 7) is 1.95. The van der Waals surface area contributed by atoms with Crippen LogP contribution in [0.5, 0.6) is 5.75 Å². The van der Waals surface area contributed by atoms with E-state index in [0.717, 1.165) is 5.56 Å². The first-order chi connectivity index (χ1) is 7.50. The van der Waals surface area contributed by atoms with Crippen LogP contribution in [0, 0.1) is 0 Å². The van der Waals surface area contributed by atoms with Crippen LogP contribution in [0.3, 0.4) is 0 Å². The summed E-state index contributed by atoms with van der Waals surface area (Å²) in [4.78, 5) is 10.6. The minimum absolute atomic E-state index is 0.0823. The summed E-state index contributed by atoms with van der Waals surface area (Å²) in [7, 11) is 0. The van der Waals surface area contributed by atoms with Gasteiger partial charge in [0.25, 0.3) is 0 Å². The lowest BCUT2D eigenvalue weighted by Gasteiger charge is -2.16. The molecule has 2 unspecified atom stereocenters. The monoisotopic (exact) mass is 224 g/mol. The van der Waals surface area contributed by atoms with Crippen LogP contribution in [0.1, 0.15) is 18.5 Å². The number of phenols is 1. The maximum atomic E-state index is 10.6. The Labute approximate surface area is 93.9 Å². The summed E-state index contributed by atoms with van der Waals surface area (Å²) >= 11 is 0.